The summed E-state index contributed by atoms with van der Waals surface area (Å²) in [6.07, 6.45) is 6.94. The van der Waals surface area contributed by atoms with Crippen molar-refractivity contribution in [1.29, 1.82) is 0 Å². The minimum Gasteiger partial charge on any atom is -0.391 e. The molecular formula is C11H13NO3. The van der Waals surface area contributed by atoms with Crippen LogP contribution in [0.2, 0.25) is 0 Å². The van der Waals surface area contributed by atoms with Crippen LogP contribution in [-0.4, -0.2) is 10.3 Å². The summed E-state index contributed by atoms with van der Waals surface area (Å²) in [5.74, 6) is 0. The van der Waals surface area contributed by atoms with Gasteiger partial charge in [-0.05, 0) is 6.92 Å². The van der Waals surface area contributed by atoms with Gasteiger partial charge in [0.1, 0.15) is 0 Å². The Morgan fingerprint density at radius 3 is 2.93 bits per heavy atom. The number of aliphatic hydroxyl groups excluding tert-OH is 1. The Morgan fingerprint density at radius 2 is 2.40 bits per heavy atom. The van der Waals surface area contributed by atoms with Crippen molar-refractivity contribution in [2.75, 3.05) is 0 Å². The minimum atomic E-state index is -0.549. The topological polar surface area (TPSA) is 66.2 Å². The van der Waals surface area contributed by atoms with Gasteiger partial charge in [0.15, 0.2) is 0 Å². The molecule has 2 N–H and O–H groups in total. The van der Waals surface area contributed by atoms with Crippen LogP contribution in [0.15, 0.2) is 40.2 Å². The molecule has 4 nitrogen and oxygen atoms in total. The fourth-order valence-electron chi connectivity index (χ4n) is 1.23. The van der Waals surface area contributed by atoms with E-state index in [0.717, 1.165) is 5.57 Å². The molecule has 1 rings (SSSR count). The van der Waals surface area contributed by atoms with E-state index in [9.17, 15) is 4.79 Å². The van der Waals surface area contributed by atoms with Crippen molar-refractivity contribution >= 4 is 5.57 Å². The van der Waals surface area contributed by atoms with E-state index in [4.69, 9.17) is 5.11 Å². The molecule has 0 aromatic carbocycles. The molecule has 80 valence electrons. The van der Waals surface area contributed by atoms with Gasteiger partial charge in [-0.3, -0.25) is 0 Å². The number of H-pyrrole nitrogens is 1. The summed E-state index contributed by atoms with van der Waals surface area (Å²) in [4.78, 5) is 11.1. The lowest BCUT2D eigenvalue weighted by atomic mass is 10.1. The van der Waals surface area contributed by atoms with Crippen LogP contribution in [0.5, 0.6) is 0 Å². The second-order valence-electron chi connectivity index (χ2n) is 2.86. The summed E-state index contributed by atoms with van der Waals surface area (Å²) in [7, 11) is 0. The number of allylic oxidation sites excluding steroid dienone is 5. The highest BCUT2D eigenvalue weighted by Gasteiger charge is 2.12. The average molecular weight is 207 g/mol. The van der Waals surface area contributed by atoms with E-state index in [2.05, 4.69) is 16.3 Å². The van der Waals surface area contributed by atoms with Crippen molar-refractivity contribution < 1.29 is 9.63 Å². The quantitative estimate of drug-likeness (QED) is 0.737. The first-order valence-electron chi connectivity index (χ1n) is 4.51. The zero-order valence-electron chi connectivity index (χ0n) is 8.49. The van der Waals surface area contributed by atoms with Crippen LogP contribution in [0.4, 0.5) is 0 Å². The van der Waals surface area contributed by atoms with E-state index in [0.29, 0.717) is 5.69 Å². The lowest BCUT2D eigenvalue weighted by Gasteiger charge is -1.98. The number of aliphatic hydroxyl groups is 1. The van der Waals surface area contributed by atoms with Gasteiger partial charge in [-0.1, -0.05) is 30.9 Å². The molecule has 0 fully saturated rings. The summed E-state index contributed by atoms with van der Waals surface area (Å²) in [6, 6.07) is 0. The second kappa shape index (κ2) is 5.17. The van der Waals surface area contributed by atoms with Gasteiger partial charge in [0, 0.05) is 5.57 Å². The molecule has 0 aliphatic rings. The predicted octanol–water partition coefficient (Wildman–Crippen LogP) is 1.61. The van der Waals surface area contributed by atoms with Crippen molar-refractivity contribution in [2.45, 2.75) is 13.5 Å². The van der Waals surface area contributed by atoms with Gasteiger partial charge in [-0.15, -0.1) is 0 Å². The molecule has 0 amide bonds. The van der Waals surface area contributed by atoms with Crippen LogP contribution >= 0.6 is 0 Å². The average Bonchev–Trinajstić information content (AvgIpc) is 2.59. The van der Waals surface area contributed by atoms with Crippen LogP contribution in [0.3, 0.4) is 0 Å². The number of hydrogen-bond acceptors (Lipinski definition) is 3. The highest BCUT2D eigenvalue weighted by Crippen LogP contribution is 2.16. The van der Waals surface area contributed by atoms with Crippen molar-refractivity contribution in [3.8, 4) is 0 Å². The van der Waals surface area contributed by atoms with E-state index in [1.54, 1.807) is 18.2 Å². The van der Waals surface area contributed by atoms with Gasteiger partial charge in [0.25, 0.3) is 0 Å². The maximum Gasteiger partial charge on any atom is 0.363 e. The maximum atomic E-state index is 11.1. The van der Waals surface area contributed by atoms with E-state index in [-0.39, 0.29) is 12.2 Å². The summed E-state index contributed by atoms with van der Waals surface area (Å²) >= 11 is 0. The summed E-state index contributed by atoms with van der Waals surface area (Å²) in [5.41, 5.74) is 0.899. The van der Waals surface area contributed by atoms with Gasteiger partial charge in [-0.2, -0.15) is 0 Å². The molecule has 0 unspecified atom stereocenters. The fourth-order valence-corrected chi connectivity index (χ4v) is 1.23. The van der Waals surface area contributed by atoms with E-state index in [1.807, 2.05) is 13.0 Å². The molecule has 0 saturated carbocycles. The summed E-state index contributed by atoms with van der Waals surface area (Å²) < 4.78 is 4.61. The van der Waals surface area contributed by atoms with Crippen LogP contribution in [-0.2, 0) is 6.61 Å². The lowest BCUT2D eigenvalue weighted by Crippen LogP contribution is -2.02. The van der Waals surface area contributed by atoms with E-state index in [1.165, 1.54) is 0 Å². The molecule has 0 aliphatic carbocycles. The fraction of sp³-hybridized carbons (Fsp3) is 0.182. The van der Waals surface area contributed by atoms with Gasteiger partial charge < -0.3 is 9.63 Å². The molecule has 4 heteroatoms. The molecule has 0 atom stereocenters. The molecular weight excluding hydrogens is 194 g/mol. The standard InChI is InChI=1S/C11H13NO3/c1-3-5-8(6-4-2)10-9(7-13)11(14)15-12-10/h3-6,12-13H,1,7H2,2H3/b6-4-,8-5+. The minimum absolute atomic E-state index is 0.223. The third-order valence-corrected chi connectivity index (χ3v) is 1.88. The smallest absolute Gasteiger partial charge is 0.363 e. The Hall–Kier alpha value is -1.81. The van der Waals surface area contributed by atoms with Crippen molar-refractivity contribution in [3.63, 3.8) is 0 Å². The van der Waals surface area contributed by atoms with Crippen LogP contribution in [0.25, 0.3) is 5.57 Å². The van der Waals surface area contributed by atoms with Crippen LogP contribution < -0.4 is 5.63 Å². The highest BCUT2D eigenvalue weighted by molar-refractivity contribution is 5.74. The molecule has 1 heterocycles. The Morgan fingerprint density at radius 1 is 1.67 bits per heavy atom. The SMILES string of the molecule is C=C/C=C(\C=C/C)c1[nH]oc(=O)c1CO. The maximum absolute atomic E-state index is 11.1. The first kappa shape index (κ1) is 11.3. The molecule has 0 radical (unpaired) electrons. The molecule has 0 saturated heterocycles. The Balaban J connectivity index is 3.28. The summed E-state index contributed by atoms with van der Waals surface area (Å²) in [6.45, 7) is 5.08. The lowest BCUT2D eigenvalue weighted by molar-refractivity contribution is 0.277. The number of nitrogens with one attached hydrogen (secondary N) is 1. The summed E-state index contributed by atoms with van der Waals surface area (Å²) in [5, 5.41) is 11.5. The van der Waals surface area contributed by atoms with Gasteiger partial charge in [0.2, 0.25) is 0 Å². The molecule has 1 aromatic heterocycles. The molecule has 0 aliphatic heterocycles. The van der Waals surface area contributed by atoms with Crippen molar-refractivity contribution in [3.05, 3.63) is 52.6 Å². The third kappa shape index (κ3) is 2.35. The largest absolute Gasteiger partial charge is 0.391 e. The van der Waals surface area contributed by atoms with E-state index >= 15 is 0 Å². The number of rotatable bonds is 4. The zero-order chi connectivity index (χ0) is 11.3. The Labute approximate surface area is 87.2 Å². The van der Waals surface area contributed by atoms with Gasteiger partial charge in [0.05, 0.1) is 17.9 Å². The van der Waals surface area contributed by atoms with Crippen LogP contribution in [0, 0.1) is 0 Å². The number of aromatic amines is 1. The predicted molar refractivity (Wildman–Crippen MR) is 58.2 cm³/mol. The van der Waals surface area contributed by atoms with Gasteiger partial charge >= 0.3 is 5.63 Å². The van der Waals surface area contributed by atoms with E-state index < -0.39 is 5.63 Å². The normalized spacial score (nSPS) is 12.3. The van der Waals surface area contributed by atoms with Gasteiger partial charge in [-0.25, -0.2) is 9.95 Å². The molecule has 0 bridgehead atoms. The first-order chi connectivity index (χ1) is 7.24. The molecule has 1 aromatic rings. The van der Waals surface area contributed by atoms with Crippen LogP contribution in [0.1, 0.15) is 18.2 Å². The van der Waals surface area contributed by atoms with Crippen molar-refractivity contribution in [2.24, 2.45) is 0 Å². The molecule has 0 spiro atoms. The zero-order valence-corrected chi connectivity index (χ0v) is 8.49. The number of hydrogen-bond donors (Lipinski definition) is 2. The van der Waals surface area contributed by atoms with Crippen molar-refractivity contribution in [1.82, 2.24) is 5.16 Å². The Kier molecular flexibility index (Phi) is 3.88. The second-order valence-corrected chi connectivity index (χ2v) is 2.86. The number of aromatic nitrogens is 1. The molecule has 15 heavy (non-hydrogen) atoms. The first-order valence-corrected chi connectivity index (χ1v) is 4.51. The highest BCUT2D eigenvalue weighted by atomic mass is 16.5. The Bertz CT molecular complexity index is 449. The monoisotopic (exact) mass is 207 g/mol. The third-order valence-electron chi connectivity index (χ3n) is 1.88.